The fourth-order valence-corrected chi connectivity index (χ4v) is 2.77. The molecule has 3 nitrogen and oxygen atoms in total. The van der Waals surface area contributed by atoms with Crippen molar-refractivity contribution in [3.8, 4) is 0 Å². The molecule has 0 spiro atoms. The predicted molar refractivity (Wildman–Crippen MR) is 86.5 cm³/mol. The third kappa shape index (κ3) is 3.94. The number of hydrogen-bond donors (Lipinski definition) is 1. The van der Waals surface area contributed by atoms with Crippen LogP contribution < -0.4 is 5.32 Å². The summed E-state index contributed by atoms with van der Waals surface area (Å²) in [5.41, 5.74) is 2.88. The molecular formula is C18H25N3. The first-order valence-corrected chi connectivity index (χ1v) is 8.17. The maximum absolute atomic E-state index is 4.48. The largest absolute Gasteiger partial charge is 0.331 e. The first kappa shape index (κ1) is 14.3. The number of aromatic nitrogens is 2. The summed E-state index contributed by atoms with van der Waals surface area (Å²) in [5.74, 6) is 1.20. The van der Waals surface area contributed by atoms with E-state index in [-0.39, 0.29) is 0 Å². The second-order valence-electron chi connectivity index (χ2n) is 5.97. The molecule has 3 heteroatoms. The van der Waals surface area contributed by atoms with Gasteiger partial charge in [-0.15, -0.1) is 0 Å². The van der Waals surface area contributed by atoms with E-state index < -0.39 is 0 Å². The van der Waals surface area contributed by atoms with Gasteiger partial charge in [0.25, 0.3) is 0 Å². The van der Waals surface area contributed by atoms with Crippen molar-refractivity contribution < 1.29 is 0 Å². The topological polar surface area (TPSA) is 29.9 Å². The van der Waals surface area contributed by atoms with Crippen molar-refractivity contribution in [2.45, 2.75) is 51.6 Å². The van der Waals surface area contributed by atoms with Gasteiger partial charge in [0, 0.05) is 31.4 Å². The molecular weight excluding hydrogens is 258 g/mol. The van der Waals surface area contributed by atoms with E-state index >= 15 is 0 Å². The minimum atomic E-state index is 0.793. The molecule has 1 N–H and O–H groups in total. The molecule has 0 amide bonds. The Balaban J connectivity index is 1.67. The van der Waals surface area contributed by atoms with Gasteiger partial charge in [-0.25, -0.2) is 4.98 Å². The lowest BCUT2D eigenvalue weighted by Crippen LogP contribution is -2.20. The number of aryl methyl sites for hydroxylation is 1. The molecule has 112 valence electrons. The highest BCUT2D eigenvalue weighted by atomic mass is 15.1. The number of imidazole rings is 1. The zero-order valence-corrected chi connectivity index (χ0v) is 12.9. The molecule has 1 fully saturated rings. The first-order valence-electron chi connectivity index (χ1n) is 8.17. The van der Waals surface area contributed by atoms with E-state index in [1.807, 2.05) is 6.20 Å². The molecule has 1 saturated carbocycles. The molecule has 1 aliphatic carbocycles. The molecule has 0 radical (unpaired) electrons. The third-order valence-electron chi connectivity index (χ3n) is 4.14. The number of rotatable bonds is 8. The van der Waals surface area contributed by atoms with Crippen LogP contribution in [0.3, 0.4) is 0 Å². The van der Waals surface area contributed by atoms with Gasteiger partial charge in [0.15, 0.2) is 0 Å². The van der Waals surface area contributed by atoms with Crippen LogP contribution >= 0.6 is 0 Å². The van der Waals surface area contributed by atoms with Crippen LogP contribution in [-0.4, -0.2) is 22.1 Å². The molecule has 0 atom stereocenters. The van der Waals surface area contributed by atoms with Crippen LogP contribution in [0.2, 0.25) is 0 Å². The fraction of sp³-hybridized carbons (Fsp3) is 0.500. The van der Waals surface area contributed by atoms with E-state index in [9.17, 15) is 0 Å². The van der Waals surface area contributed by atoms with Gasteiger partial charge >= 0.3 is 0 Å². The van der Waals surface area contributed by atoms with Gasteiger partial charge in [-0.1, -0.05) is 31.2 Å². The van der Waals surface area contributed by atoms with Crippen molar-refractivity contribution in [3.63, 3.8) is 0 Å². The predicted octanol–water partition coefficient (Wildman–Crippen LogP) is 3.18. The van der Waals surface area contributed by atoms with Crippen LogP contribution in [0.15, 0.2) is 36.7 Å². The second-order valence-corrected chi connectivity index (χ2v) is 5.97. The average Bonchev–Trinajstić information content (AvgIpc) is 3.22. The van der Waals surface area contributed by atoms with E-state index in [1.165, 1.54) is 29.8 Å². The standard InChI is InChI=1S/C18H25N3/c1-2-5-18-20-12-13-21(18)14-16-7-4-3-6-15(16)10-11-19-17-8-9-17/h3-4,6-7,12-13,17,19H,2,5,8-11,14H2,1H3. The van der Waals surface area contributed by atoms with E-state index in [2.05, 4.69) is 52.3 Å². The highest BCUT2D eigenvalue weighted by molar-refractivity contribution is 5.28. The maximum atomic E-state index is 4.48. The van der Waals surface area contributed by atoms with Crippen LogP contribution in [0.5, 0.6) is 0 Å². The van der Waals surface area contributed by atoms with Gasteiger partial charge in [-0.05, 0) is 43.4 Å². The van der Waals surface area contributed by atoms with E-state index in [4.69, 9.17) is 0 Å². The molecule has 0 unspecified atom stereocenters. The van der Waals surface area contributed by atoms with Gasteiger partial charge in [-0.3, -0.25) is 0 Å². The van der Waals surface area contributed by atoms with Crippen LogP contribution in [0, 0.1) is 0 Å². The van der Waals surface area contributed by atoms with Crippen molar-refractivity contribution >= 4 is 0 Å². The van der Waals surface area contributed by atoms with Crippen molar-refractivity contribution in [2.75, 3.05) is 6.54 Å². The Morgan fingerprint density at radius 3 is 2.76 bits per heavy atom. The lowest BCUT2D eigenvalue weighted by atomic mass is 10.0. The van der Waals surface area contributed by atoms with Crippen molar-refractivity contribution in [2.24, 2.45) is 0 Å². The quantitative estimate of drug-likeness (QED) is 0.806. The lowest BCUT2D eigenvalue weighted by molar-refractivity contribution is 0.669. The number of nitrogens with one attached hydrogen (secondary N) is 1. The Kier molecular flexibility index (Phi) is 4.71. The zero-order chi connectivity index (χ0) is 14.5. The smallest absolute Gasteiger partial charge is 0.108 e. The molecule has 0 bridgehead atoms. The number of nitrogens with zero attached hydrogens (tertiary/aromatic N) is 2. The molecule has 21 heavy (non-hydrogen) atoms. The van der Waals surface area contributed by atoms with Crippen molar-refractivity contribution in [3.05, 3.63) is 53.6 Å². The van der Waals surface area contributed by atoms with Gasteiger partial charge in [-0.2, -0.15) is 0 Å². The van der Waals surface area contributed by atoms with Crippen LogP contribution in [0.25, 0.3) is 0 Å². The van der Waals surface area contributed by atoms with Gasteiger partial charge < -0.3 is 9.88 Å². The van der Waals surface area contributed by atoms with Crippen LogP contribution in [-0.2, 0) is 19.4 Å². The third-order valence-corrected chi connectivity index (χ3v) is 4.14. The maximum Gasteiger partial charge on any atom is 0.108 e. The summed E-state index contributed by atoms with van der Waals surface area (Å²) < 4.78 is 2.29. The Morgan fingerprint density at radius 2 is 2.00 bits per heavy atom. The molecule has 1 aromatic heterocycles. The first-order chi connectivity index (χ1) is 10.4. The minimum Gasteiger partial charge on any atom is -0.331 e. The molecule has 2 aromatic rings. The monoisotopic (exact) mass is 283 g/mol. The van der Waals surface area contributed by atoms with Gasteiger partial charge in [0.05, 0.1) is 0 Å². The minimum absolute atomic E-state index is 0.793. The zero-order valence-electron chi connectivity index (χ0n) is 12.9. The van der Waals surface area contributed by atoms with Crippen LogP contribution in [0.4, 0.5) is 0 Å². The lowest BCUT2D eigenvalue weighted by Gasteiger charge is -2.12. The molecule has 0 aliphatic heterocycles. The molecule has 1 aromatic carbocycles. The van der Waals surface area contributed by atoms with Crippen molar-refractivity contribution in [1.29, 1.82) is 0 Å². The Hall–Kier alpha value is -1.61. The SMILES string of the molecule is CCCc1nccn1Cc1ccccc1CCNC1CC1. The summed E-state index contributed by atoms with van der Waals surface area (Å²) in [6.07, 6.45) is 10.0. The Bertz CT molecular complexity index is 569. The van der Waals surface area contributed by atoms with Gasteiger partial charge in [0.1, 0.15) is 5.82 Å². The molecule has 3 rings (SSSR count). The summed E-state index contributed by atoms with van der Waals surface area (Å²) in [6.45, 7) is 4.23. The normalized spacial score (nSPS) is 14.5. The number of hydrogen-bond acceptors (Lipinski definition) is 2. The van der Waals surface area contributed by atoms with Crippen molar-refractivity contribution in [1.82, 2.24) is 14.9 Å². The van der Waals surface area contributed by atoms with Gasteiger partial charge in [0.2, 0.25) is 0 Å². The molecule has 1 heterocycles. The summed E-state index contributed by atoms with van der Waals surface area (Å²) in [6, 6.07) is 9.60. The Labute approximate surface area is 127 Å². The van der Waals surface area contributed by atoms with E-state index in [0.717, 1.165) is 38.4 Å². The van der Waals surface area contributed by atoms with Crippen LogP contribution in [0.1, 0.15) is 43.1 Å². The molecule has 0 saturated heterocycles. The average molecular weight is 283 g/mol. The van der Waals surface area contributed by atoms with E-state index in [1.54, 1.807) is 0 Å². The number of benzene rings is 1. The summed E-state index contributed by atoms with van der Waals surface area (Å²) in [7, 11) is 0. The summed E-state index contributed by atoms with van der Waals surface area (Å²) >= 11 is 0. The highest BCUT2D eigenvalue weighted by Gasteiger charge is 2.19. The van der Waals surface area contributed by atoms with E-state index in [0.29, 0.717) is 0 Å². The highest BCUT2D eigenvalue weighted by Crippen LogP contribution is 2.19. The fourth-order valence-electron chi connectivity index (χ4n) is 2.77. The summed E-state index contributed by atoms with van der Waals surface area (Å²) in [5, 5.41) is 3.60. The second kappa shape index (κ2) is 6.90. The molecule has 1 aliphatic rings. The summed E-state index contributed by atoms with van der Waals surface area (Å²) in [4.78, 5) is 4.48. The Morgan fingerprint density at radius 1 is 1.19 bits per heavy atom.